The lowest BCUT2D eigenvalue weighted by Crippen LogP contribution is -2.25. The molecule has 0 atom stereocenters. The Morgan fingerprint density at radius 1 is 1.35 bits per heavy atom. The minimum absolute atomic E-state index is 0.146. The maximum absolute atomic E-state index is 11.9. The zero-order valence-corrected chi connectivity index (χ0v) is 12.2. The highest BCUT2D eigenvalue weighted by atomic mass is 79.9. The normalized spacial score (nSPS) is 10.1. The van der Waals surface area contributed by atoms with Crippen LogP contribution < -0.4 is 11.1 Å². The molecule has 0 heterocycles. The van der Waals surface area contributed by atoms with Crippen LogP contribution in [0, 0.1) is 10.1 Å². The van der Waals surface area contributed by atoms with Crippen LogP contribution >= 0.6 is 15.9 Å². The third-order valence-corrected chi connectivity index (χ3v) is 3.23. The molecule has 0 aliphatic rings. The van der Waals surface area contributed by atoms with Crippen LogP contribution in [0.3, 0.4) is 0 Å². The third-order valence-electron chi connectivity index (χ3n) is 2.54. The fraction of sp³-hybridized carbons (Fsp3) is 0.333. The predicted molar refractivity (Wildman–Crippen MR) is 76.2 cm³/mol. The van der Waals surface area contributed by atoms with E-state index in [0.717, 1.165) is 0 Å². The molecule has 0 bridgehead atoms. The van der Waals surface area contributed by atoms with Crippen molar-refractivity contribution in [1.29, 1.82) is 0 Å². The van der Waals surface area contributed by atoms with Crippen molar-refractivity contribution < 1.29 is 14.5 Å². The molecule has 20 heavy (non-hydrogen) atoms. The Balaban J connectivity index is 2.57. The number of carbonyl (C=O) groups is 2. The number of amides is 2. The van der Waals surface area contributed by atoms with Crippen LogP contribution in [0.15, 0.2) is 22.7 Å². The first kappa shape index (κ1) is 16.1. The van der Waals surface area contributed by atoms with Gasteiger partial charge in [-0.05, 0) is 34.8 Å². The highest BCUT2D eigenvalue weighted by Crippen LogP contribution is 2.22. The summed E-state index contributed by atoms with van der Waals surface area (Å²) in [6, 6.07) is 3.98. The van der Waals surface area contributed by atoms with E-state index < -0.39 is 10.8 Å². The Hall–Kier alpha value is -1.96. The zero-order chi connectivity index (χ0) is 15.1. The monoisotopic (exact) mass is 343 g/mol. The van der Waals surface area contributed by atoms with Crippen LogP contribution in [0.4, 0.5) is 5.69 Å². The molecular weight excluding hydrogens is 330 g/mol. The topological polar surface area (TPSA) is 115 Å². The first-order valence-electron chi connectivity index (χ1n) is 5.92. The van der Waals surface area contributed by atoms with E-state index in [2.05, 4.69) is 21.2 Å². The summed E-state index contributed by atoms with van der Waals surface area (Å²) >= 11 is 3.18. The van der Waals surface area contributed by atoms with Crippen LogP contribution in [0.5, 0.6) is 0 Å². The van der Waals surface area contributed by atoms with E-state index in [1.165, 1.54) is 18.2 Å². The van der Waals surface area contributed by atoms with Crippen molar-refractivity contribution in [3.63, 3.8) is 0 Å². The molecule has 0 aromatic heterocycles. The van der Waals surface area contributed by atoms with Gasteiger partial charge in [-0.2, -0.15) is 0 Å². The van der Waals surface area contributed by atoms with Gasteiger partial charge in [0.05, 0.1) is 10.5 Å². The molecule has 2 amide bonds. The second kappa shape index (κ2) is 7.59. The second-order valence-corrected chi connectivity index (χ2v) is 4.95. The van der Waals surface area contributed by atoms with E-state index in [1.807, 2.05) is 0 Å². The highest BCUT2D eigenvalue weighted by Gasteiger charge is 2.15. The first-order chi connectivity index (χ1) is 9.41. The number of nitro groups is 1. The molecule has 3 N–H and O–H groups in total. The molecule has 0 saturated carbocycles. The highest BCUT2D eigenvalue weighted by molar-refractivity contribution is 9.10. The molecule has 0 aliphatic heterocycles. The number of carbonyl (C=O) groups excluding carboxylic acids is 2. The number of non-ortho nitro benzene ring substituents is 1. The quantitative estimate of drug-likeness (QED) is 0.445. The number of halogens is 1. The Morgan fingerprint density at radius 3 is 2.65 bits per heavy atom. The number of hydrogen-bond donors (Lipinski definition) is 2. The van der Waals surface area contributed by atoms with Crippen LogP contribution in [-0.4, -0.2) is 23.3 Å². The molecule has 0 aliphatic carbocycles. The SMILES string of the molecule is NC(=O)CCCCNC(=O)c1cc([N+](=O)[O-])ccc1Br. The van der Waals surface area contributed by atoms with Crippen molar-refractivity contribution in [3.8, 4) is 0 Å². The van der Waals surface area contributed by atoms with Crippen molar-refractivity contribution in [2.75, 3.05) is 6.54 Å². The zero-order valence-electron chi connectivity index (χ0n) is 10.6. The lowest BCUT2D eigenvalue weighted by molar-refractivity contribution is -0.384. The van der Waals surface area contributed by atoms with Gasteiger partial charge in [0.2, 0.25) is 5.91 Å². The molecule has 0 radical (unpaired) electrons. The molecule has 7 nitrogen and oxygen atoms in total. The molecule has 0 unspecified atom stereocenters. The number of nitrogens with two attached hydrogens (primary N) is 1. The third kappa shape index (κ3) is 4.96. The standard InChI is InChI=1S/C12H14BrN3O4/c13-10-5-4-8(16(19)20)7-9(10)12(18)15-6-2-1-3-11(14)17/h4-5,7H,1-3,6H2,(H2,14,17)(H,15,18). The lowest BCUT2D eigenvalue weighted by atomic mass is 10.2. The summed E-state index contributed by atoms with van der Waals surface area (Å²) in [6.45, 7) is 0.376. The predicted octanol–water partition coefficient (Wildman–Crippen LogP) is 1.74. The largest absolute Gasteiger partial charge is 0.370 e. The summed E-state index contributed by atoms with van der Waals surface area (Å²) in [5.41, 5.74) is 5.05. The number of hydrogen-bond acceptors (Lipinski definition) is 4. The molecule has 1 aromatic carbocycles. The minimum Gasteiger partial charge on any atom is -0.370 e. The number of unbranched alkanes of at least 4 members (excludes halogenated alkanes) is 1. The van der Waals surface area contributed by atoms with E-state index in [-0.39, 0.29) is 23.6 Å². The van der Waals surface area contributed by atoms with E-state index in [4.69, 9.17) is 5.73 Å². The lowest BCUT2D eigenvalue weighted by Gasteiger charge is -2.06. The number of nitro benzene ring substituents is 1. The fourth-order valence-corrected chi connectivity index (χ4v) is 1.95. The Bertz CT molecular complexity index is 533. The molecule has 0 fully saturated rings. The first-order valence-corrected chi connectivity index (χ1v) is 6.71. The van der Waals surface area contributed by atoms with E-state index in [9.17, 15) is 19.7 Å². The van der Waals surface area contributed by atoms with Gasteiger partial charge in [0.15, 0.2) is 0 Å². The number of benzene rings is 1. The van der Waals surface area contributed by atoms with Crippen molar-refractivity contribution >= 4 is 33.4 Å². The van der Waals surface area contributed by atoms with E-state index >= 15 is 0 Å². The molecule has 1 rings (SSSR count). The van der Waals surface area contributed by atoms with Gasteiger partial charge in [-0.1, -0.05) is 0 Å². The maximum atomic E-state index is 11.9. The van der Waals surface area contributed by atoms with Crippen molar-refractivity contribution in [3.05, 3.63) is 38.3 Å². The van der Waals surface area contributed by atoms with E-state index in [0.29, 0.717) is 23.9 Å². The summed E-state index contributed by atoms with van der Waals surface area (Å²) in [6.07, 6.45) is 1.48. The van der Waals surface area contributed by atoms with Crippen LogP contribution in [0.25, 0.3) is 0 Å². The molecule has 0 spiro atoms. The van der Waals surface area contributed by atoms with E-state index in [1.54, 1.807) is 0 Å². The Kier molecular flexibility index (Phi) is 6.10. The molecule has 8 heteroatoms. The van der Waals surface area contributed by atoms with Crippen molar-refractivity contribution in [1.82, 2.24) is 5.32 Å². The summed E-state index contributed by atoms with van der Waals surface area (Å²) in [5, 5.41) is 13.3. The van der Waals surface area contributed by atoms with Gasteiger partial charge in [0.1, 0.15) is 0 Å². The molecule has 0 saturated heterocycles. The smallest absolute Gasteiger partial charge is 0.270 e. The summed E-state index contributed by atoms with van der Waals surface area (Å²) in [5.74, 6) is -0.780. The van der Waals surface area contributed by atoms with Gasteiger partial charge in [-0.25, -0.2) is 0 Å². The van der Waals surface area contributed by atoms with Crippen LogP contribution in [-0.2, 0) is 4.79 Å². The average Bonchev–Trinajstić information content (AvgIpc) is 2.37. The van der Waals surface area contributed by atoms with Gasteiger partial charge in [-0.3, -0.25) is 19.7 Å². The molecule has 108 valence electrons. The number of nitrogens with one attached hydrogen (secondary N) is 1. The summed E-state index contributed by atoms with van der Waals surface area (Å²) in [7, 11) is 0. The van der Waals surface area contributed by atoms with Gasteiger partial charge in [0, 0.05) is 29.6 Å². The number of rotatable bonds is 7. The molecular formula is C12H14BrN3O4. The van der Waals surface area contributed by atoms with Crippen LogP contribution in [0.1, 0.15) is 29.6 Å². The van der Waals surface area contributed by atoms with Gasteiger partial charge in [-0.15, -0.1) is 0 Å². The van der Waals surface area contributed by atoms with Crippen molar-refractivity contribution in [2.24, 2.45) is 5.73 Å². The number of primary amides is 1. The average molecular weight is 344 g/mol. The minimum atomic E-state index is -0.559. The fourth-order valence-electron chi connectivity index (χ4n) is 1.52. The van der Waals surface area contributed by atoms with Gasteiger partial charge < -0.3 is 11.1 Å². The Morgan fingerprint density at radius 2 is 2.05 bits per heavy atom. The van der Waals surface area contributed by atoms with Crippen LogP contribution in [0.2, 0.25) is 0 Å². The van der Waals surface area contributed by atoms with Crippen molar-refractivity contribution in [2.45, 2.75) is 19.3 Å². The van der Waals surface area contributed by atoms with Gasteiger partial charge >= 0.3 is 0 Å². The number of nitrogens with zero attached hydrogens (tertiary/aromatic N) is 1. The van der Waals surface area contributed by atoms with Gasteiger partial charge in [0.25, 0.3) is 11.6 Å². The second-order valence-electron chi connectivity index (χ2n) is 4.10. The Labute approximate surface area is 123 Å². The summed E-state index contributed by atoms with van der Waals surface area (Å²) < 4.78 is 0.484. The maximum Gasteiger partial charge on any atom is 0.270 e. The molecule has 1 aromatic rings. The summed E-state index contributed by atoms with van der Waals surface area (Å²) in [4.78, 5) is 32.5.